The summed E-state index contributed by atoms with van der Waals surface area (Å²) < 4.78 is 5.70. The predicted molar refractivity (Wildman–Crippen MR) is 116 cm³/mol. The lowest BCUT2D eigenvalue weighted by molar-refractivity contribution is -0.143. The third-order valence-electron chi connectivity index (χ3n) is 4.75. The minimum Gasteiger partial charge on any atom is -0.484 e. The Labute approximate surface area is 174 Å². The average Bonchev–Trinajstić information content (AvgIpc) is 2.71. The third-order valence-corrected chi connectivity index (χ3v) is 4.75. The van der Waals surface area contributed by atoms with Gasteiger partial charge in [-0.05, 0) is 44.4 Å². The molecule has 0 saturated carbocycles. The first-order valence-electron chi connectivity index (χ1n) is 10.3. The highest BCUT2D eigenvalue weighted by Crippen LogP contribution is 2.16. The fourth-order valence-electron chi connectivity index (χ4n) is 3.16. The highest BCUT2D eigenvalue weighted by atomic mass is 16.5. The lowest BCUT2D eigenvalue weighted by Gasteiger charge is -2.30. The highest BCUT2D eigenvalue weighted by molar-refractivity contribution is 5.88. The molecule has 0 radical (unpaired) electrons. The van der Waals surface area contributed by atoms with Crippen LogP contribution in [0, 0.1) is 13.8 Å². The van der Waals surface area contributed by atoms with Gasteiger partial charge in [0.25, 0.3) is 5.91 Å². The topological polar surface area (TPSA) is 58.6 Å². The van der Waals surface area contributed by atoms with E-state index in [1.54, 1.807) is 4.90 Å². The summed E-state index contributed by atoms with van der Waals surface area (Å²) in [6, 6.07) is 15.0. The normalized spacial score (nSPS) is 11.6. The maximum atomic E-state index is 13.1. The summed E-state index contributed by atoms with van der Waals surface area (Å²) in [5.74, 6) is 0.319. The van der Waals surface area contributed by atoms with Crippen LogP contribution in [-0.4, -0.2) is 35.9 Å². The van der Waals surface area contributed by atoms with E-state index in [9.17, 15) is 9.59 Å². The monoisotopic (exact) mass is 396 g/mol. The van der Waals surface area contributed by atoms with Crippen molar-refractivity contribution < 1.29 is 14.3 Å². The summed E-state index contributed by atoms with van der Waals surface area (Å²) in [6.07, 6.45) is 1.39. The molecule has 0 saturated heterocycles. The van der Waals surface area contributed by atoms with Crippen molar-refractivity contribution in [1.29, 1.82) is 0 Å². The number of carbonyl (C=O) groups excluding carboxylic acids is 2. The lowest BCUT2D eigenvalue weighted by atomic mass is 10.1. The second-order valence-corrected chi connectivity index (χ2v) is 7.33. The van der Waals surface area contributed by atoms with Crippen LogP contribution in [0.3, 0.4) is 0 Å². The molecule has 156 valence electrons. The van der Waals surface area contributed by atoms with Gasteiger partial charge in [0.05, 0.1) is 0 Å². The number of ether oxygens (including phenoxy) is 1. The number of nitrogens with zero attached hydrogens (tertiary/aromatic N) is 1. The van der Waals surface area contributed by atoms with Gasteiger partial charge in [0.2, 0.25) is 5.91 Å². The van der Waals surface area contributed by atoms with Crippen molar-refractivity contribution in [2.24, 2.45) is 0 Å². The number of amides is 2. The standard InChI is InChI=1S/C24H32N2O3/c1-5-14-25-24(28)22(6-2)26(16-20-9-7-8-19(4)15-20)23(27)17-29-21-12-10-18(3)11-13-21/h7-13,15,22H,5-6,14,16-17H2,1-4H3,(H,25,28). The predicted octanol–water partition coefficient (Wildman–Crippen LogP) is 4.02. The van der Waals surface area contributed by atoms with Crippen LogP contribution in [0.15, 0.2) is 48.5 Å². The third kappa shape index (κ3) is 6.93. The molecule has 2 aromatic carbocycles. The van der Waals surface area contributed by atoms with E-state index in [4.69, 9.17) is 4.74 Å². The van der Waals surface area contributed by atoms with Gasteiger partial charge in [-0.1, -0.05) is 61.4 Å². The molecule has 29 heavy (non-hydrogen) atoms. The number of hydrogen-bond donors (Lipinski definition) is 1. The number of aryl methyl sites for hydroxylation is 2. The fourth-order valence-corrected chi connectivity index (χ4v) is 3.16. The molecule has 2 aromatic rings. The molecule has 0 aliphatic heterocycles. The molecular weight excluding hydrogens is 364 g/mol. The Morgan fingerprint density at radius 3 is 2.38 bits per heavy atom. The van der Waals surface area contributed by atoms with Crippen LogP contribution < -0.4 is 10.1 Å². The average molecular weight is 397 g/mol. The first-order valence-corrected chi connectivity index (χ1v) is 10.3. The van der Waals surface area contributed by atoms with Gasteiger partial charge in [0.15, 0.2) is 6.61 Å². The minimum atomic E-state index is -0.531. The molecule has 0 spiro atoms. The molecule has 0 aliphatic rings. The Morgan fingerprint density at radius 2 is 1.76 bits per heavy atom. The molecule has 0 aromatic heterocycles. The van der Waals surface area contributed by atoms with Crippen LogP contribution in [0.2, 0.25) is 0 Å². The summed E-state index contributed by atoms with van der Waals surface area (Å²) in [5, 5.41) is 2.92. The number of benzene rings is 2. The molecule has 5 nitrogen and oxygen atoms in total. The van der Waals surface area contributed by atoms with E-state index in [0.29, 0.717) is 25.3 Å². The quantitative estimate of drug-likeness (QED) is 0.660. The van der Waals surface area contributed by atoms with Crippen LogP contribution in [0.1, 0.15) is 43.4 Å². The molecule has 1 atom stereocenters. The zero-order valence-electron chi connectivity index (χ0n) is 17.9. The van der Waals surface area contributed by atoms with Crippen molar-refractivity contribution >= 4 is 11.8 Å². The smallest absolute Gasteiger partial charge is 0.261 e. The maximum Gasteiger partial charge on any atom is 0.261 e. The van der Waals surface area contributed by atoms with Crippen LogP contribution in [0.5, 0.6) is 5.75 Å². The van der Waals surface area contributed by atoms with Crippen LogP contribution in [-0.2, 0) is 16.1 Å². The van der Waals surface area contributed by atoms with E-state index < -0.39 is 6.04 Å². The van der Waals surface area contributed by atoms with E-state index in [0.717, 1.165) is 23.1 Å². The Kier molecular flexibility index (Phi) is 8.71. The summed E-state index contributed by atoms with van der Waals surface area (Å²) in [6.45, 7) is 8.81. The Morgan fingerprint density at radius 1 is 1.03 bits per heavy atom. The van der Waals surface area contributed by atoms with Gasteiger partial charge >= 0.3 is 0 Å². The first kappa shape index (κ1) is 22.5. The molecule has 2 amide bonds. The van der Waals surface area contributed by atoms with Gasteiger partial charge in [-0.25, -0.2) is 0 Å². The van der Waals surface area contributed by atoms with E-state index in [-0.39, 0.29) is 18.4 Å². The van der Waals surface area contributed by atoms with Crippen molar-refractivity contribution in [2.75, 3.05) is 13.2 Å². The zero-order valence-corrected chi connectivity index (χ0v) is 17.9. The molecule has 0 bridgehead atoms. The van der Waals surface area contributed by atoms with E-state index in [1.807, 2.05) is 76.2 Å². The molecule has 0 fully saturated rings. The van der Waals surface area contributed by atoms with Crippen molar-refractivity contribution in [3.63, 3.8) is 0 Å². The number of carbonyl (C=O) groups is 2. The second kappa shape index (κ2) is 11.2. The highest BCUT2D eigenvalue weighted by Gasteiger charge is 2.28. The maximum absolute atomic E-state index is 13.1. The largest absolute Gasteiger partial charge is 0.484 e. The number of nitrogens with one attached hydrogen (secondary N) is 1. The van der Waals surface area contributed by atoms with E-state index >= 15 is 0 Å². The van der Waals surface area contributed by atoms with E-state index in [1.165, 1.54) is 0 Å². The molecule has 5 heteroatoms. The number of rotatable bonds is 10. The van der Waals surface area contributed by atoms with Gasteiger partial charge in [-0.3, -0.25) is 9.59 Å². The van der Waals surface area contributed by atoms with Crippen LogP contribution in [0.4, 0.5) is 0 Å². The van der Waals surface area contributed by atoms with Gasteiger partial charge in [-0.2, -0.15) is 0 Å². The van der Waals surface area contributed by atoms with Crippen molar-refractivity contribution in [2.45, 2.75) is 53.1 Å². The second-order valence-electron chi connectivity index (χ2n) is 7.33. The van der Waals surface area contributed by atoms with Gasteiger partial charge in [-0.15, -0.1) is 0 Å². The molecule has 0 heterocycles. The van der Waals surface area contributed by atoms with Crippen LogP contribution in [0.25, 0.3) is 0 Å². The van der Waals surface area contributed by atoms with Crippen molar-refractivity contribution in [1.82, 2.24) is 10.2 Å². The van der Waals surface area contributed by atoms with E-state index in [2.05, 4.69) is 5.32 Å². The van der Waals surface area contributed by atoms with Gasteiger partial charge in [0, 0.05) is 13.1 Å². The van der Waals surface area contributed by atoms with Crippen molar-refractivity contribution in [3.05, 3.63) is 65.2 Å². The van der Waals surface area contributed by atoms with Crippen LogP contribution >= 0.6 is 0 Å². The Bertz CT molecular complexity index is 802. The minimum absolute atomic E-state index is 0.105. The molecule has 1 N–H and O–H groups in total. The SMILES string of the molecule is CCCNC(=O)C(CC)N(Cc1cccc(C)c1)C(=O)COc1ccc(C)cc1. The summed E-state index contributed by atoms with van der Waals surface area (Å²) >= 11 is 0. The van der Waals surface area contributed by atoms with Gasteiger partial charge in [0.1, 0.15) is 11.8 Å². The molecule has 2 rings (SSSR count). The zero-order chi connectivity index (χ0) is 21.2. The first-order chi connectivity index (χ1) is 13.9. The van der Waals surface area contributed by atoms with Crippen molar-refractivity contribution in [3.8, 4) is 5.75 Å². The lowest BCUT2D eigenvalue weighted by Crippen LogP contribution is -2.50. The summed E-state index contributed by atoms with van der Waals surface area (Å²) in [7, 11) is 0. The fraction of sp³-hybridized carbons (Fsp3) is 0.417. The summed E-state index contributed by atoms with van der Waals surface area (Å²) in [4.78, 5) is 27.4. The molecule has 0 aliphatic carbocycles. The Hall–Kier alpha value is -2.82. The summed E-state index contributed by atoms with van der Waals surface area (Å²) in [5.41, 5.74) is 3.24. The molecular formula is C24H32N2O3. The van der Waals surface area contributed by atoms with Gasteiger partial charge < -0.3 is 15.0 Å². The Balaban J connectivity index is 2.17. The number of hydrogen-bond acceptors (Lipinski definition) is 3. The molecule has 1 unspecified atom stereocenters.